The van der Waals surface area contributed by atoms with E-state index in [4.69, 9.17) is 0 Å². The van der Waals surface area contributed by atoms with Gasteiger partial charge < -0.3 is 10.2 Å². The van der Waals surface area contributed by atoms with E-state index in [2.05, 4.69) is 17.4 Å². The molecule has 1 aliphatic rings. The van der Waals surface area contributed by atoms with Crippen molar-refractivity contribution in [2.45, 2.75) is 40.0 Å². The highest BCUT2D eigenvalue weighted by atomic mass is 16.2. The minimum atomic E-state index is -0.115. The van der Waals surface area contributed by atoms with Gasteiger partial charge in [-0.2, -0.15) is 0 Å². The molecule has 0 spiro atoms. The number of carbonyl (C=O) groups excluding carboxylic acids is 2. The van der Waals surface area contributed by atoms with E-state index in [0.717, 1.165) is 29.7 Å². The molecule has 0 unspecified atom stereocenters. The summed E-state index contributed by atoms with van der Waals surface area (Å²) in [5, 5.41) is 2.94. The number of nitrogens with zero attached hydrogens (tertiary/aromatic N) is 1. The molecule has 1 aromatic rings. The molecule has 1 heterocycles. The molecule has 0 bridgehead atoms. The van der Waals surface area contributed by atoms with Crippen molar-refractivity contribution in [2.24, 2.45) is 0 Å². The molecule has 0 aromatic heterocycles. The van der Waals surface area contributed by atoms with Crippen LogP contribution in [0.4, 0.5) is 5.69 Å². The largest absolute Gasteiger partial charge is 0.333 e. The molecule has 1 aliphatic heterocycles. The van der Waals surface area contributed by atoms with Crippen LogP contribution in [0.3, 0.4) is 0 Å². The number of likely N-dealkylation sites (tertiary alicyclic amines) is 1. The third-order valence-electron chi connectivity index (χ3n) is 3.70. The summed E-state index contributed by atoms with van der Waals surface area (Å²) in [4.78, 5) is 25.5. The van der Waals surface area contributed by atoms with E-state index in [1.807, 2.05) is 20.8 Å². The zero-order chi connectivity index (χ0) is 14.7. The van der Waals surface area contributed by atoms with E-state index in [9.17, 15) is 9.59 Å². The summed E-state index contributed by atoms with van der Waals surface area (Å²) >= 11 is 0. The quantitative estimate of drug-likeness (QED) is 0.921. The Labute approximate surface area is 120 Å². The summed E-state index contributed by atoms with van der Waals surface area (Å²) in [6, 6.07) is 4.10. The van der Waals surface area contributed by atoms with E-state index >= 15 is 0 Å². The predicted molar refractivity (Wildman–Crippen MR) is 79.7 cm³/mol. The second-order valence-corrected chi connectivity index (χ2v) is 5.59. The van der Waals surface area contributed by atoms with Gasteiger partial charge in [-0.15, -0.1) is 0 Å². The van der Waals surface area contributed by atoms with Crippen LogP contribution in [0.2, 0.25) is 0 Å². The fraction of sp³-hybridized carbons (Fsp3) is 0.500. The van der Waals surface area contributed by atoms with Crippen molar-refractivity contribution >= 4 is 17.5 Å². The number of amides is 2. The third-order valence-corrected chi connectivity index (χ3v) is 3.70. The fourth-order valence-corrected chi connectivity index (χ4v) is 2.76. The molecule has 4 heteroatoms. The summed E-state index contributed by atoms with van der Waals surface area (Å²) in [6.07, 6.45) is 2.49. The van der Waals surface area contributed by atoms with E-state index in [1.54, 1.807) is 4.90 Å². The Balaban J connectivity index is 2.03. The maximum Gasteiger partial charge on any atom is 0.244 e. The lowest BCUT2D eigenvalue weighted by molar-refractivity contribution is -0.136. The number of nitrogens with one attached hydrogen (secondary N) is 1. The molecular formula is C16H22N2O2. The number of aryl methyl sites for hydroxylation is 3. The van der Waals surface area contributed by atoms with Gasteiger partial charge in [0.1, 0.15) is 0 Å². The van der Waals surface area contributed by atoms with Crippen molar-refractivity contribution < 1.29 is 9.59 Å². The second-order valence-electron chi connectivity index (χ2n) is 5.59. The zero-order valence-corrected chi connectivity index (χ0v) is 12.5. The molecule has 0 saturated carbocycles. The van der Waals surface area contributed by atoms with Crippen LogP contribution in [0, 0.1) is 20.8 Å². The van der Waals surface area contributed by atoms with Crippen molar-refractivity contribution in [3.63, 3.8) is 0 Å². The Hall–Kier alpha value is -1.84. The molecule has 20 heavy (non-hydrogen) atoms. The van der Waals surface area contributed by atoms with E-state index in [-0.39, 0.29) is 18.4 Å². The third kappa shape index (κ3) is 3.38. The Morgan fingerprint density at radius 2 is 1.85 bits per heavy atom. The van der Waals surface area contributed by atoms with Crippen molar-refractivity contribution in [3.05, 3.63) is 28.8 Å². The summed E-state index contributed by atoms with van der Waals surface area (Å²) in [5.74, 6) is -0.0287. The number of anilines is 1. The van der Waals surface area contributed by atoms with Gasteiger partial charge in [-0.05, 0) is 44.7 Å². The molecular weight excluding hydrogens is 252 g/mol. The van der Waals surface area contributed by atoms with Gasteiger partial charge in [-0.3, -0.25) is 9.59 Å². The van der Waals surface area contributed by atoms with Crippen LogP contribution in [0.1, 0.15) is 36.0 Å². The molecule has 1 aromatic carbocycles. The predicted octanol–water partition coefficient (Wildman–Crippen LogP) is 2.56. The Morgan fingerprint density at radius 3 is 2.45 bits per heavy atom. The van der Waals surface area contributed by atoms with Crippen LogP contribution >= 0.6 is 0 Å². The highest BCUT2D eigenvalue weighted by Gasteiger charge is 2.20. The van der Waals surface area contributed by atoms with E-state index in [1.165, 1.54) is 5.56 Å². The standard InChI is InChI=1S/C16H22N2O2/c1-11-8-12(2)16(13(3)9-11)17-14(19)10-18-7-5-4-6-15(18)20/h8-9H,4-7,10H2,1-3H3,(H,17,19). The van der Waals surface area contributed by atoms with Gasteiger partial charge in [0.05, 0.1) is 6.54 Å². The molecule has 0 atom stereocenters. The van der Waals surface area contributed by atoms with Gasteiger partial charge in [0.25, 0.3) is 0 Å². The van der Waals surface area contributed by atoms with Gasteiger partial charge in [0, 0.05) is 18.7 Å². The minimum Gasteiger partial charge on any atom is -0.333 e. The van der Waals surface area contributed by atoms with Gasteiger partial charge in [0.2, 0.25) is 11.8 Å². The van der Waals surface area contributed by atoms with E-state index in [0.29, 0.717) is 13.0 Å². The molecule has 0 aliphatic carbocycles. The van der Waals surface area contributed by atoms with E-state index < -0.39 is 0 Å². The first-order valence-corrected chi connectivity index (χ1v) is 7.13. The number of hydrogen-bond acceptors (Lipinski definition) is 2. The molecule has 2 amide bonds. The lowest BCUT2D eigenvalue weighted by atomic mass is 10.1. The first kappa shape index (κ1) is 14.6. The number of benzene rings is 1. The maximum absolute atomic E-state index is 12.1. The Morgan fingerprint density at radius 1 is 1.20 bits per heavy atom. The summed E-state index contributed by atoms with van der Waals surface area (Å²) < 4.78 is 0. The highest BCUT2D eigenvalue weighted by molar-refractivity contribution is 5.95. The van der Waals surface area contributed by atoms with Crippen molar-refractivity contribution in [1.82, 2.24) is 4.90 Å². The van der Waals surface area contributed by atoms with Crippen LogP contribution in [0.15, 0.2) is 12.1 Å². The normalized spacial score (nSPS) is 15.3. The van der Waals surface area contributed by atoms with Gasteiger partial charge in [-0.1, -0.05) is 17.7 Å². The van der Waals surface area contributed by atoms with Crippen molar-refractivity contribution in [1.29, 1.82) is 0 Å². The SMILES string of the molecule is Cc1cc(C)c(NC(=O)CN2CCCCC2=O)c(C)c1. The van der Waals surface area contributed by atoms with Crippen molar-refractivity contribution in [2.75, 3.05) is 18.4 Å². The van der Waals surface area contributed by atoms with Crippen LogP contribution in [-0.4, -0.2) is 29.8 Å². The average Bonchev–Trinajstić information content (AvgIpc) is 2.36. The van der Waals surface area contributed by atoms with Crippen LogP contribution in [0.5, 0.6) is 0 Å². The molecule has 2 rings (SSSR count). The molecule has 0 radical (unpaired) electrons. The average molecular weight is 274 g/mol. The van der Waals surface area contributed by atoms with Crippen LogP contribution in [-0.2, 0) is 9.59 Å². The molecule has 1 saturated heterocycles. The summed E-state index contributed by atoms with van der Waals surface area (Å²) in [6.45, 7) is 6.87. The summed E-state index contributed by atoms with van der Waals surface area (Å²) in [5.41, 5.74) is 4.16. The molecule has 108 valence electrons. The lowest BCUT2D eigenvalue weighted by Gasteiger charge is -2.26. The number of rotatable bonds is 3. The van der Waals surface area contributed by atoms with Gasteiger partial charge in [-0.25, -0.2) is 0 Å². The highest BCUT2D eigenvalue weighted by Crippen LogP contribution is 2.22. The van der Waals surface area contributed by atoms with Gasteiger partial charge >= 0.3 is 0 Å². The van der Waals surface area contributed by atoms with Crippen LogP contribution < -0.4 is 5.32 Å². The number of hydrogen-bond donors (Lipinski definition) is 1. The Bertz CT molecular complexity index is 514. The first-order chi connectivity index (χ1) is 9.47. The second kappa shape index (κ2) is 6.07. The lowest BCUT2D eigenvalue weighted by Crippen LogP contribution is -2.40. The minimum absolute atomic E-state index is 0.0868. The first-order valence-electron chi connectivity index (χ1n) is 7.13. The molecule has 1 N–H and O–H groups in total. The fourth-order valence-electron chi connectivity index (χ4n) is 2.76. The monoisotopic (exact) mass is 274 g/mol. The molecule has 1 fully saturated rings. The Kier molecular flexibility index (Phi) is 4.42. The van der Waals surface area contributed by atoms with Crippen LogP contribution in [0.25, 0.3) is 0 Å². The zero-order valence-electron chi connectivity index (χ0n) is 12.5. The maximum atomic E-state index is 12.1. The number of piperidine rings is 1. The smallest absolute Gasteiger partial charge is 0.244 e. The van der Waals surface area contributed by atoms with Gasteiger partial charge in [0.15, 0.2) is 0 Å². The summed E-state index contributed by atoms with van der Waals surface area (Å²) in [7, 11) is 0. The molecule has 4 nitrogen and oxygen atoms in total. The van der Waals surface area contributed by atoms with Crippen molar-refractivity contribution in [3.8, 4) is 0 Å². The number of carbonyl (C=O) groups is 2. The topological polar surface area (TPSA) is 49.4 Å².